The lowest BCUT2D eigenvalue weighted by atomic mass is 9.96. The Labute approximate surface area is 155 Å². The lowest BCUT2D eigenvalue weighted by Crippen LogP contribution is -2.52. The predicted octanol–water partition coefficient (Wildman–Crippen LogP) is 1.18. The Hall–Kier alpha value is -2.09. The van der Waals surface area contributed by atoms with Gasteiger partial charge in [-0.1, -0.05) is 12.1 Å². The maximum Gasteiger partial charge on any atom is 0.246 e. The number of carbonyl (C=O) groups is 2. The summed E-state index contributed by atoms with van der Waals surface area (Å²) in [7, 11) is -3.65. The fourth-order valence-corrected chi connectivity index (χ4v) is 4.60. The smallest absolute Gasteiger partial charge is 0.246 e. The van der Waals surface area contributed by atoms with Gasteiger partial charge in [-0.2, -0.15) is 0 Å². The van der Waals surface area contributed by atoms with Gasteiger partial charge in [-0.3, -0.25) is 13.9 Å². The van der Waals surface area contributed by atoms with Gasteiger partial charge in [0.25, 0.3) is 0 Å². The number of anilines is 1. The van der Waals surface area contributed by atoms with Crippen LogP contribution in [0.2, 0.25) is 0 Å². The molecule has 0 saturated carbocycles. The zero-order chi connectivity index (χ0) is 19.6. The first-order valence-electron chi connectivity index (χ1n) is 8.67. The topological polar surface area (TPSA) is 101 Å². The third-order valence-corrected chi connectivity index (χ3v) is 6.11. The van der Waals surface area contributed by atoms with E-state index in [1.165, 1.54) is 4.31 Å². The largest absolute Gasteiger partial charge is 0.369 e. The highest BCUT2D eigenvalue weighted by molar-refractivity contribution is 7.92. The molecule has 144 valence electrons. The van der Waals surface area contributed by atoms with E-state index < -0.39 is 16.1 Å². The second kappa shape index (κ2) is 7.65. The van der Waals surface area contributed by atoms with Crippen molar-refractivity contribution < 1.29 is 18.0 Å². The van der Waals surface area contributed by atoms with Crippen molar-refractivity contribution in [3.63, 3.8) is 0 Å². The van der Waals surface area contributed by atoms with Gasteiger partial charge >= 0.3 is 0 Å². The molecule has 0 bridgehead atoms. The number of rotatable bonds is 5. The molecule has 26 heavy (non-hydrogen) atoms. The zero-order valence-electron chi connectivity index (χ0n) is 15.7. The summed E-state index contributed by atoms with van der Waals surface area (Å²) >= 11 is 0. The number of benzene rings is 1. The fourth-order valence-electron chi connectivity index (χ4n) is 3.38. The normalized spacial score (nSPS) is 17.0. The van der Waals surface area contributed by atoms with Gasteiger partial charge in [0.2, 0.25) is 21.8 Å². The van der Waals surface area contributed by atoms with Gasteiger partial charge in [-0.25, -0.2) is 8.42 Å². The Morgan fingerprint density at radius 3 is 2.31 bits per heavy atom. The SMILES string of the molecule is Cc1ccc(C)c(N([C@@H](C)C(=O)N2CCC(C(N)=O)CC2)S(C)(=O)=O)c1. The standard InChI is InChI=1S/C18H27N3O4S/c1-12-5-6-13(2)16(11-12)21(26(4,24)25)14(3)18(23)20-9-7-15(8-10-20)17(19)22/h5-6,11,14-15H,7-10H2,1-4H3,(H2,19,22)/t14-/m0/s1. The number of amides is 2. The summed E-state index contributed by atoms with van der Waals surface area (Å²) in [5, 5.41) is 0. The summed E-state index contributed by atoms with van der Waals surface area (Å²) in [6.07, 6.45) is 2.13. The molecule has 2 N–H and O–H groups in total. The molecule has 2 rings (SSSR count). The number of aryl methyl sites for hydroxylation is 2. The van der Waals surface area contributed by atoms with Crippen LogP contribution >= 0.6 is 0 Å². The number of sulfonamides is 1. The van der Waals surface area contributed by atoms with Gasteiger partial charge < -0.3 is 10.6 Å². The van der Waals surface area contributed by atoms with Gasteiger partial charge in [-0.15, -0.1) is 0 Å². The van der Waals surface area contributed by atoms with Crippen LogP contribution < -0.4 is 10.0 Å². The average molecular weight is 381 g/mol. The van der Waals surface area contributed by atoms with Crippen molar-refractivity contribution in [1.82, 2.24) is 4.90 Å². The number of primary amides is 1. The first-order chi connectivity index (χ1) is 12.0. The van der Waals surface area contributed by atoms with Crippen molar-refractivity contribution in [1.29, 1.82) is 0 Å². The maximum absolute atomic E-state index is 12.9. The lowest BCUT2D eigenvalue weighted by Gasteiger charge is -2.36. The van der Waals surface area contributed by atoms with E-state index in [-0.39, 0.29) is 17.7 Å². The predicted molar refractivity (Wildman–Crippen MR) is 101 cm³/mol. The van der Waals surface area contributed by atoms with Crippen LogP contribution in [0.25, 0.3) is 0 Å². The van der Waals surface area contributed by atoms with Gasteiger partial charge in [0.05, 0.1) is 11.9 Å². The Morgan fingerprint density at radius 1 is 1.23 bits per heavy atom. The number of likely N-dealkylation sites (tertiary alicyclic amines) is 1. The number of piperidine rings is 1. The van der Waals surface area contributed by atoms with E-state index in [1.807, 2.05) is 26.0 Å². The van der Waals surface area contributed by atoms with E-state index in [1.54, 1.807) is 17.9 Å². The minimum atomic E-state index is -3.65. The summed E-state index contributed by atoms with van der Waals surface area (Å²) in [5.41, 5.74) is 7.55. The quantitative estimate of drug-likeness (QED) is 0.827. The van der Waals surface area contributed by atoms with Crippen molar-refractivity contribution in [2.45, 2.75) is 39.7 Å². The van der Waals surface area contributed by atoms with Crippen LogP contribution in [-0.2, 0) is 19.6 Å². The highest BCUT2D eigenvalue weighted by atomic mass is 32.2. The Morgan fingerprint density at radius 2 is 1.81 bits per heavy atom. The molecule has 0 aromatic heterocycles. The molecule has 1 aromatic rings. The number of carbonyl (C=O) groups excluding carboxylic acids is 2. The number of nitrogens with zero attached hydrogens (tertiary/aromatic N) is 2. The molecule has 1 heterocycles. The molecule has 2 amide bonds. The number of nitrogens with two attached hydrogens (primary N) is 1. The molecule has 0 unspecified atom stereocenters. The minimum absolute atomic E-state index is 0.223. The molecule has 1 atom stereocenters. The Balaban J connectivity index is 2.28. The molecule has 1 aliphatic heterocycles. The average Bonchev–Trinajstić information content (AvgIpc) is 2.56. The molecule has 0 aliphatic carbocycles. The van der Waals surface area contributed by atoms with E-state index in [2.05, 4.69) is 0 Å². The van der Waals surface area contributed by atoms with Gasteiger partial charge in [0.15, 0.2) is 0 Å². The molecule has 1 aliphatic rings. The van der Waals surface area contributed by atoms with Crippen molar-refractivity contribution in [2.24, 2.45) is 11.7 Å². The van der Waals surface area contributed by atoms with Crippen molar-refractivity contribution in [2.75, 3.05) is 23.7 Å². The van der Waals surface area contributed by atoms with Gasteiger partial charge in [0, 0.05) is 19.0 Å². The van der Waals surface area contributed by atoms with E-state index in [0.29, 0.717) is 31.6 Å². The van der Waals surface area contributed by atoms with Gasteiger partial charge in [0.1, 0.15) is 6.04 Å². The van der Waals surface area contributed by atoms with E-state index in [4.69, 9.17) is 5.73 Å². The molecule has 1 fully saturated rings. The molecular weight excluding hydrogens is 354 g/mol. The molecule has 1 aromatic carbocycles. The highest BCUT2D eigenvalue weighted by Gasteiger charge is 2.35. The third kappa shape index (κ3) is 4.35. The molecule has 7 nitrogen and oxygen atoms in total. The molecule has 1 saturated heterocycles. The summed E-state index contributed by atoms with van der Waals surface area (Å²) in [5.74, 6) is -0.836. The molecule has 0 spiro atoms. The summed E-state index contributed by atoms with van der Waals surface area (Å²) in [6.45, 7) is 6.11. The Kier molecular flexibility index (Phi) is 5.95. The van der Waals surface area contributed by atoms with Crippen LogP contribution in [0.4, 0.5) is 5.69 Å². The summed E-state index contributed by atoms with van der Waals surface area (Å²) < 4.78 is 26.1. The van der Waals surface area contributed by atoms with Crippen molar-refractivity contribution in [3.8, 4) is 0 Å². The monoisotopic (exact) mass is 381 g/mol. The van der Waals surface area contributed by atoms with E-state index >= 15 is 0 Å². The number of hydrogen-bond acceptors (Lipinski definition) is 4. The van der Waals surface area contributed by atoms with Gasteiger partial charge in [-0.05, 0) is 50.8 Å². The lowest BCUT2D eigenvalue weighted by molar-refractivity contribution is -0.135. The fraction of sp³-hybridized carbons (Fsp3) is 0.556. The first-order valence-corrected chi connectivity index (χ1v) is 10.5. The second-order valence-electron chi connectivity index (χ2n) is 7.03. The summed E-state index contributed by atoms with van der Waals surface area (Å²) in [6, 6.07) is 4.66. The molecular formula is C18H27N3O4S. The first kappa shape index (κ1) is 20.2. The molecule has 8 heteroatoms. The second-order valence-corrected chi connectivity index (χ2v) is 8.89. The third-order valence-electron chi connectivity index (χ3n) is 4.88. The van der Waals surface area contributed by atoms with Crippen LogP contribution in [0, 0.1) is 19.8 Å². The highest BCUT2D eigenvalue weighted by Crippen LogP contribution is 2.27. The van der Waals surface area contributed by atoms with Crippen LogP contribution in [0.3, 0.4) is 0 Å². The van der Waals surface area contributed by atoms with E-state index in [0.717, 1.165) is 17.4 Å². The van der Waals surface area contributed by atoms with Crippen LogP contribution in [0.15, 0.2) is 18.2 Å². The van der Waals surface area contributed by atoms with Crippen LogP contribution in [-0.4, -0.2) is 50.5 Å². The zero-order valence-corrected chi connectivity index (χ0v) is 16.5. The molecule has 0 radical (unpaired) electrons. The van der Waals surface area contributed by atoms with Crippen LogP contribution in [0.1, 0.15) is 30.9 Å². The van der Waals surface area contributed by atoms with Crippen LogP contribution in [0.5, 0.6) is 0 Å². The summed E-state index contributed by atoms with van der Waals surface area (Å²) in [4.78, 5) is 25.8. The van der Waals surface area contributed by atoms with Crippen molar-refractivity contribution >= 4 is 27.5 Å². The number of hydrogen-bond donors (Lipinski definition) is 1. The van der Waals surface area contributed by atoms with Crippen molar-refractivity contribution in [3.05, 3.63) is 29.3 Å². The van der Waals surface area contributed by atoms with E-state index in [9.17, 15) is 18.0 Å². The maximum atomic E-state index is 12.9. The Bertz CT molecular complexity index is 799. The minimum Gasteiger partial charge on any atom is -0.369 e.